The SMILES string of the molecule is CCOC(=O)C1=C(C)N=c2s/c(=C\c3ccc(-c4ccc(Cl)c(C(=O)OCC)c4)o3)c(=O)n2[C@@H]1c1ccc(C)cc1. The Morgan fingerprint density at radius 2 is 1.73 bits per heavy atom. The first-order valence-electron chi connectivity index (χ1n) is 13.0. The molecule has 3 heterocycles. The Kier molecular flexibility index (Phi) is 8.10. The number of aromatic nitrogens is 1. The van der Waals surface area contributed by atoms with Gasteiger partial charge in [0, 0.05) is 11.6 Å². The number of halogens is 1. The van der Waals surface area contributed by atoms with E-state index in [2.05, 4.69) is 4.99 Å². The molecule has 41 heavy (non-hydrogen) atoms. The predicted molar refractivity (Wildman–Crippen MR) is 157 cm³/mol. The van der Waals surface area contributed by atoms with Gasteiger partial charge >= 0.3 is 11.9 Å². The molecule has 2 aromatic heterocycles. The summed E-state index contributed by atoms with van der Waals surface area (Å²) >= 11 is 7.41. The van der Waals surface area contributed by atoms with Crippen LogP contribution in [-0.2, 0) is 14.3 Å². The molecular formula is C31H27ClN2O6S. The van der Waals surface area contributed by atoms with Crippen molar-refractivity contribution in [3.05, 3.63) is 113 Å². The largest absolute Gasteiger partial charge is 0.463 e. The molecule has 1 aliphatic heterocycles. The van der Waals surface area contributed by atoms with Gasteiger partial charge in [0.05, 0.1) is 45.6 Å². The third kappa shape index (κ3) is 5.55. The fourth-order valence-electron chi connectivity index (χ4n) is 4.61. The molecule has 0 bridgehead atoms. The number of fused-ring (bicyclic) bond motifs is 1. The summed E-state index contributed by atoms with van der Waals surface area (Å²) in [7, 11) is 0. The Morgan fingerprint density at radius 3 is 2.44 bits per heavy atom. The summed E-state index contributed by atoms with van der Waals surface area (Å²) in [6.07, 6.45) is 1.64. The average Bonchev–Trinajstić information content (AvgIpc) is 3.53. The zero-order chi connectivity index (χ0) is 29.3. The zero-order valence-corrected chi connectivity index (χ0v) is 24.5. The van der Waals surface area contributed by atoms with Crippen LogP contribution < -0.4 is 14.9 Å². The van der Waals surface area contributed by atoms with Crippen LogP contribution in [0.4, 0.5) is 0 Å². The summed E-state index contributed by atoms with van der Waals surface area (Å²) in [5.74, 6) is -0.0994. The van der Waals surface area contributed by atoms with Crippen LogP contribution in [0.3, 0.4) is 0 Å². The first kappa shape index (κ1) is 28.3. The predicted octanol–water partition coefficient (Wildman–Crippen LogP) is 5.20. The summed E-state index contributed by atoms with van der Waals surface area (Å²) in [6, 6.07) is 15.5. The highest BCUT2D eigenvalue weighted by Crippen LogP contribution is 2.31. The second-order valence-corrected chi connectivity index (χ2v) is 10.7. The van der Waals surface area contributed by atoms with Gasteiger partial charge in [-0.1, -0.05) is 52.8 Å². The van der Waals surface area contributed by atoms with Crippen molar-refractivity contribution >= 4 is 41.0 Å². The number of ether oxygens (including phenoxy) is 2. The lowest BCUT2D eigenvalue weighted by molar-refractivity contribution is -0.139. The van der Waals surface area contributed by atoms with E-state index in [0.717, 1.165) is 11.1 Å². The number of aryl methyl sites for hydroxylation is 1. The number of hydrogen-bond donors (Lipinski definition) is 0. The van der Waals surface area contributed by atoms with Crippen molar-refractivity contribution in [2.45, 2.75) is 33.7 Å². The van der Waals surface area contributed by atoms with E-state index in [1.54, 1.807) is 57.2 Å². The van der Waals surface area contributed by atoms with Crippen LogP contribution in [0.2, 0.25) is 5.02 Å². The fourth-order valence-corrected chi connectivity index (χ4v) is 5.84. The van der Waals surface area contributed by atoms with E-state index in [9.17, 15) is 14.4 Å². The minimum Gasteiger partial charge on any atom is -0.463 e. The number of carbonyl (C=O) groups is 2. The molecule has 5 rings (SSSR count). The summed E-state index contributed by atoms with van der Waals surface area (Å²) in [5.41, 5.74) is 3.23. The third-order valence-corrected chi connectivity index (χ3v) is 7.87. The van der Waals surface area contributed by atoms with Crippen LogP contribution in [0.25, 0.3) is 17.4 Å². The number of thiazole rings is 1. The molecule has 1 aliphatic rings. The van der Waals surface area contributed by atoms with Crippen molar-refractivity contribution in [3.63, 3.8) is 0 Å². The van der Waals surface area contributed by atoms with Gasteiger partial charge in [-0.2, -0.15) is 0 Å². The molecule has 10 heteroatoms. The van der Waals surface area contributed by atoms with E-state index in [-0.39, 0.29) is 29.4 Å². The number of nitrogens with zero attached hydrogens (tertiary/aromatic N) is 2. The van der Waals surface area contributed by atoms with Crippen molar-refractivity contribution in [1.82, 2.24) is 4.57 Å². The van der Waals surface area contributed by atoms with Gasteiger partial charge in [-0.25, -0.2) is 14.6 Å². The maximum Gasteiger partial charge on any atom is 0.339 e. The molecule has 0 saturated carbocycles. The normalized spacial score (nSPS) is 15.0. The van der Waals surface area contributed by atoms with Crippen LogP contribution in [-0.4, -0.2) is 29.7 Å². The van der Waals surface area contributed by atoms with E-state index in [1.807, 2.05) is 31.2 Å². The smallest absolute Gasteiger partial charge is 0.339 e. The molecule has 0 spiro atoms. The second-order valence-electron chi connectivity index (χ2n) is 9.33. The van der Waals surface area contributed by atoms with Gasteiger partial charge in [0.2, 0.25) is 0 Å². The Bertz CT molecular complexity index is 1860. The van der Waals surface area contributed by atoms with Gasteiger partial charge in [-0.3, -0.25) is 9.36 Å². The molecular weight excluding hydrogens is 564 g/mol. The van der Waals surface area contributed by atoms with E-state index >= 15 is 0 Å². The number of esters is 2. The van der Waals surface area contributed by atoms with Crippen LogP contribution in [0.1, 0.15) is 54.1 Å². The molecule has 1 atom stereocenters. The molecule has 0 unspecified atom stereocenters. The van der Waals surface area contributed by atoms with E-state index < -0.39 is 18.0 Å². The Labute approximate surface area is 244 Å². The fraction of sp³-hybridized carbons (Fsp3) is 0.226. The molecule has 210 valence electrons. The molecule has 4 aromatic rings. The van der Waals surface area contributed by atoms with E-state index in [0.29, 0.717) is 37.7 Å². The monoisotopic (exact) mass is 590 g/mol. The van der Waals surface area contributed by atoms with Crippen molar-refractivity contribution < 1.29 is 23.5 Å². The standard InChI is InChI=1S/C31H27ClN2O6S/c1-5-38-29(36)22-15-20(11-13-23(22)32)24-14-12-21(40-24)16-25-28(35)34-27(19-9-7-17(3)8-10-19)26(30(37)39-6-2)18(4)33-31(34)41-25/h7-16,27H,5-6H2,1-4H3/b25-16-/t27-/m1/s1. The third-order valence-electron chi connectivity index (χ3n) is 6.56. The highest BCUT2D eigenvalue weighted by atomic mass is 35.5. The van der Waals surface area contributed by atoms with Gasteiger partial charge in [-0.05, 0) is 63.6 Å². The second kappa shape index (κ2) is 11.7. The molecule has 8 nitrogen and oxygen atoms in total. The number of hydrogen-bond acceptors (Lipinski definition) is 8. The summed E-state index contributed by atoms with van der Waals surface area (Å²) in [6.45, 7) is 7.62. The van der Waals surface area contributed by atoms with E-state index in [4.69, 9.17) is 25.5 Å². The Hall–Kier alpha value is -4.21. The number of rotatable bonds is 7. The molecule has 0 radical (unpaired) electrons. The molecule has 0 amide bonds. The van der Waals surface area contributed by atoms with Gasteiger partial charge in [0.15, 0.2) is 4.80 Å². The topological polar surface area (TPSA) is 100 Å². The first-order valence-corrected chi connectivity index (χ1v) is 14.2. The molecule has 0 N–H and O–H groups in total. The van der Waals surface area contributed by atoms with Gasteiger partial charge < -0.3 is 13.9 Å². The summed E-state index contributed by atoms with van der Waals surface area (Å²) in [4.78, 5) is 44.2. The maximum atomic E-state index is 13.8. The number of carbonyl (C=O) groups excluding carboxylic acids is 2. The Balaban J connectivity index is 1.58. The van der Waals surface area contributed by atoms with Crippen LogP contribution in [0.15, 0.2) is 80.1 Å². The molecule has 2 aromatic carbocycles. The summed E-state index contributed by atoms with van der Waals surface area (Å²) < 4.78 is 18.4. The maximum absolute atomic E-state index is 13.8. The van der Waals surface area contributed by atoms with Gasteiger partial charge in [-0.15, -0.1) is 0 Å². The first-order chi connectivity index (χ1) is 19.7. The highest BCUT2D eigenvalue weighted by Gasteiger charge is 2.33. The summed E-state index contributed by atoms with van der Waals surface area (Å²) in [5, 5.41) is 0.278. The minimum atomic E-state index is -0.685. The zero-order valence-electron chi connectivity index (χ0n) is 22.9. The molecule has 0 saturated heterocycles. The lowest BCUT2D eigenvalue weighted by Gasteiger charge is -2.24. The number of furan rings is 1. The lowest BCUT2D eigenvalue weighted by Crippen LogP contribution is -2.39. The van der Waals surface area contributed by atoms with Crippen molar-refractivity contribution in [2.24, 2.45) is 4.99 Å². The van der Waals surface area contributed by atoms with Crippen LogP contribution >= 0.6 is 22.9 Å². The molecule has 0 aliphatic carbocycles. The lowest BCUT2D eigenvalue weighted by atomic mass is 9.95. The number of allylic oxidation sites excluding steroid dienone is 1. The van der Waals surface area contributed by atoms with E-state index in [1.165, 1.54) is 15.9 Å². The minimum absolute atomic E-state index is 0.205. The van der Waals surface area contributed by atoms with Crippen LogP contribution in [0, 0.1) is 6.92 Å². The van der Waals surface area contributed by atoms with Crippen molar-refractivity contribution in [1.29, 1.82) is 0 Å². The van der Waals surface area contributed by atoms with Crippen LogP contribution in [0.5, 0.6) is 0 Å². The Morgan fingerprint density at radius 1 is 1.02 bits per heavy atom. The quantitative estimate of drug-likeness (QED) is 0.274. The van der Waals surface area contributed by atoms with Gasteiger partial charge in [0.25, 0.3) is 5.56 Å². The highest BCUT2D eigenvalue weighted by molar-refractivity contribution is 7.07. The average molecular weight is 591 g/mol. The number of benzene rings is 2. The van der Waals surface area contributed by atoms with Crippen molar-refractivity contribution in [3.8, 4) is 11.3 Å². The molecule has 0 fully saturated rings. The van der Waals surface area contributed by atoms with Gasteiger partial charge in [0.1, 0.15) is 11.5 Å². The van der Waals surface area contributed by atoms with Crippen molar-refractivity contribution in [2.75, 3.05) is 13.2 Å².